The third kappa shape index (κ3) is 4.26. The van der Waals surface area contributed by atoms with E-state index in [0.29, 0.717) is 12.1 Å². The van der Waals surface area contributed by atoms with Gasteiger partial charge in [0.25, 0.3) is 0 Å². The van der Waals surface area contributed by atoms with Gasteiger partial charge in [-0.3, -0.25) is 4.79 Å². The van der Waals surface area contributed by atoms with Crippen molar-refractivity contribution < 1.29 is 10.0 Å². The van der Waals surface area contributed by atoms with Gasteiger partial charge in [-0.15, -0.1) is 0 Å². The van der Waals surface area contributed by atoms with Crippen LogP contribution in [0.4, 0.5) is 0 Å². The zero-order chi connectivity index (χ0) is 14.4. The lowest BCUT2D eigenvalue weighted by Crippen LogP contribution is -2.44. The molecule has 6 nitrogen and oxygen atoms in total. The summed E-state index contributed by atoms with van der Waals surface area (Å²) in [4.78, 5) is 11.3. The minimum Gasteiger partial charge on any atom is -0.409 e. The Morgan fingerprint density at radius 3 is 2.63 bits per heavy atom. The Morgan fingerprint density at radius 2 is 2.11 bits per heavy atom. The van der Waals surface area contributed by atoms with Gasteiger partial charge in [0.2, 0.25) is 5.91 Å². The first-order valence-corrected chi connectivity index (χ1v) is 6.05. The fraction of sp³-hybridized carbons (Fsp3) is 0.385. The van der Waals surface area contributed by atoms with E-state index in [2.05, 4.69) is 10.5 Å². The second-order valence-electron chi connectivity index (χ2n) is 4.69. The van der Waals surface area contributed by atoms with Gasteiger partial charge < -0.3 is 22.0 Å². The van der Waals surface area contributed by atoms with Crippen LogP contribution in [0.5, 0.6) is 0 Å². The molecule has 0 bridgehead atoms. The van der Waals surface area contributed by atoms with E-state index in [4.69, 9.17) is 16.7 Å². The molecule has 0 aliphatic rings. The maximum atomic E-state index is 11.3. The second-order valence-corrected chi connectivity index (χ2v) is 4.69. The highest BCUT2D eigenvalue weighted by Gasteiger charge is 2.18. The molecule has 0 fully saturated rings. The molecule has 1 atom stereocenters. The normalized spacial score (nSPS) is 13.5. The molecule has 6 heteroatoms. The molecule has 1 aromatic carbocycles. The van der Waals surface area contributed by atoms with Crippen molar-refractivity contribution in [1.82, 2.24) is 5.32 Å². The Kier molecular flexibility index (Phi) is 5.32. The molecular weight excluding hydrogens is 244 g/mol. The van der Waals surface area contributed by atoms with Crippen LogP contribution in [-0.2, 0) is 11.3 Å². The summed E-state index contributed by atoms with van der Waals surface area (Å²) in [5.74, 6) is -0.204. The number of nitrogens with one attached hydrogen (secondary N) is 1. The number of hydrogen-bond donors (Lipinski definition) is 4. The summed E-state index contributed by atoms with van der Waals surface area (Å²) >= 11 is 0. The number of carbonyl (C=O) groups excluding carboxylic acids is 1. The lowest BCUT2D eigenvalue weighted by molar-refractivity contribution is -0.121. The molecule has 0 heterocycles. The summed E-state index contributed by atoms with van der Waals surface area (Å²) < 4.78 is 0. The highest BCUT2D eigenvalue weighted by Crippen LogP contribution is 2.07. The van der Waals surface area contributed by atoms with Crippen LogP contribution in [-0.4, -0.2) is 23.0 Å². The maximum absolute atomic E-state index is 11.3. The van der Waals surface area contributed by atoms with Crippen molar-refractivity contribution >= 4 is 11.7 Å². The third-order valence-corrected chi connectivity index (χ3v) is 2.83. The molecular formula is C13H20N4O2. The fourth-order valence-electron chi connectivity index (χ4n) is 1.79. The SMILES string of the molecule is CC(C)C(NCc1cccc(/C(N)=N/O)c1)C(N)=O. The third-order valence-electron chi connectivity index (χ3n) is 2.83. The van der Waals surface area contributed by atoms with E-state index in [1.54, 1.807) is 18.2 Å². The minimum atomic E-state index is -0.382. The van der Waals surface area contributed by atoms with Gasteiger partial charge in [0, 0.05) is 12.1 Å². The number of carbonyl (C=O) groups is 1. The highest BCUT2D eigenvalue weighted by atomic mass is 16.4. The zero-order valence-corrected chi connectivity index (χ0v) is 11.1. The van der Waals surface area contributed by atoms with E-state index >= 15 is 0 Å². The second kappa shape index (κ2) is 6.75. The predicted molar refractivity (Wildman–Crippen MR) is 73.6 cm³/mol. The van der Waals surface area contributed by atoms with Crippen molar-refractivity contribution in [2.24, 2.45) is 22.5 Å². The molecule has 0 saturated carbocycles. The average Bonchev–Trinajstić information content (AvgIpc) is 2.37. The number of amides is 1. The average molecular weight is 264 g/mol. The predicted octanol–water partition coefficient (Wildman–Crippen LogP) is 0.381. The van der Waals surface area contributed by atoms with Gasteiger partial charge in [-0.25, -0.2) is 0 Å². The van der Waals surface area contributed by atoms with E-state index in [9.17, 15) is 4.79 Å². The van der Waals surface area contributed by atoms with Gasteiger partial charge in [0.05, 0.1) is 6.04 Å². The summed E-state index contributed by atoms with van der Waals surface area (Å²) in [6, 6.07) is 6.85. The summed E-state index contributed by atoms with van der Waals surface area (Å²) in [6.07, 6.45) is 0. The first-order chi connectivity index (χ1) is 8.95. The van der Waals surface area contributed by atoms with Crippen LogP contribution in [0, 0.1) is 5.92 Å². The van der Waals surface area contributed by atoms with Gasteiger partial charge in [-0.2, -0.15) is 0 Å². The Bertz CT molecular complexity index is 471. The summed E-state index contributed by atoms with van der Waals surface area (Å²) in [6.45, 7) is 4.34. The molecule has 1 unspecified atom stereocenters. The first kappa shape index (κ1) is 15.0. The molecule has 0 saturated heterocycles. The van der Waals surface area contributed by atoms with E-state index in [1.807, 2.05) is 19.9 Å². The molecule has 0 spiro atoms. The van der Waals surface area contributed by atoms with Crippen molar-refractivity contribution in [3.05, 3.63) is 35.4 Å². The molecule has 0 aliphatic heterocycles. The monoisotopic (exact) mass is 264 g/mol. The van der Waals surface area contributed by atoms with Crippen LogP contribution in [0.2, 0.25) is 0 Å². The number of oxime groups is 1. The zero-order valence-electron chi connectivity index (χ0n) is 11.1. The maximum Gasteiger partial charge on any atom is 0.234 e. The fourth-order valence-corrected chi connectivity index (χ4v) is 1.79. The summed E-state index contributed by atoms with van der Waals surface area (Å²) in [5, 5.41) is 14.7. The van der Waals surface area contributed by atoms with Crippen molar-refractivity contribution in [2.75, 3.05) is 0 Å². The molecule has 19 heavy (non-hydrogen) atoms. The topological polar surface area (TPSA) is 114 Å². The molecule has 6 N–H and O–H groups in total. The van der Waals surface area contributed by atoms with Crippen molar-refractivity contribution in [2.45, 2.75) is 26.4 Å². The summed E-state index contributed by atoms with van der Waals surface area (Å²) in [7, 11) is 0. The van der Waals surface area contributed by atoms with Gasteiger partial charge in [0.1, 0.15) is 0 Å². The van der Waals surface area contributed by atoms with Crippen LogP contribution >= 0.6 is 0 Å². The van der Waals surface area contributed by atoms with Crippen LogP contribution < -0.4 is 16.8 Å². The molecule has 1 aromatic rings. The smallest absolute Gasteiger partial charge is 0.234 e. The number of rotatable bonds is 6. The quantitative estimate of drug-likeness (QED) is 0.257. The molecule has 0 aromatic heterocycles. The Morgan fingerprint density at radius 1 is 1.42 bits per heavy atom. The largest absolute Gasteiger partial charge is 0.409 e. The number of primary amides is 1. The standard InChI is InChI=1S/C13H20N4O2/c1-8(2)11(13(15)18)16-7-9-4-3-5-10(6-9)12(14)17-19/h3-6,8,11,16,19H,7H2,1-2H3,(H2,14,17)(H2,15,18). The van der Waals surface area contributed by atoms with E-state index in [0.717, 1.165) is 5.56 Å². The van der Waals surface area contributed by atoms with Crippen molar-refractivity contribution in [1.29, 1.82) is 0 Å². The molecule has 0 aliphatic carbocycles. The van der Waals surface area contributed by atoms with E-state index in [1.165, 1.54) is 0 Å². The van der Waals surface area contributed by atoms with Crippen LogP contribution in [0.25, 0.3) is 0 Å². The number of hydrogen-bond acceptors (Lipinski definition) is 4. The lowest BCUT2D eigenvalue weighted by Gasteiger charge is -2.19. The number of benzene rings is 1. The van der Waals surface area contributed by atoms with E-state index in [-0.39, 0.29) is 23.7 Å². The van der Waals surface area contributed by atoms with Crippen LogP contribution in [0.1, 0.15) is 25.0 Å². The minimum absolute atomic E-state index is 0.0529. The Labute approximate surface area is 112 Å². The van der Waals surface area contributed by atoms with E-state index < -0.39 is 0 Å². The van der Waals surface area contributed by atoms with Gasteiger partial charge in [-0.05, 0) is 17.5 Å². The van der Waals surface area contributed by atoms with Crippen LogP contribution in [0.15, 0.2) is 29.4 Å². The molecule has 0 radical (unpaired) electrons. The highest BCUT2D eigenvalue weighted by molar-refractivity contribution is 5.97. The Hall–Kier alpha value is -2.08. The van der Waals surface area contributed by atoms with Crippen molar-refractivity contribution in [3.8, 4) is 0 Å². The number of nitrogens with two attached hydrogens (primary N) is 2. The Balaban J connectivity index is 2.75. The summed E-state index contributed by atoms with van der Waals surface area (Å²) in [5.41, 5.74) is 12.4. The molecule has 1 amide bonds. The number of nitrogens with zero attached hydrogens (tertiary/aromatic N) is 1. The number of amidine groups is 1. The van der Waals surface area contributed by atoms with Crippen molar-refractivity contribution in [3.63, 3.8) is 0 Å². The first-order valence-electron chi connectivity index (χ1n) is 6.05. The van der Waals surface area contributed by atoms with Gasteiger partial charge in [-0.1, -0.05) is 37.2 Å². The molecule has 104 valence electrons. The van der Waals surface area contributed by atoms with Gasteiger partial charge in [0.15, 0.2) is 5.84 Å². The lowest BCUT2D eigenvalue weighted by atomic mass is 10.0. The van der Waals surface area contributed by atoms with Gasteiger partial charge >= 0.3 is 0 Å². The van der Waals surface area contributed by atoms with Crippen LogP contribution in [0.3, 0.4) is 0 Å². The molecule has 1 rings (SSSR count).